The fraction of sp³-hybridized carbons (Fsp3) is 0.214. The molecule has 0 saturated carbocycles. The molecule has 2 rings (SSSR count). The van der Waals surface area contributed by atoms with E-state index in [2.05, 4.69) is 21.4 Å². The zero-order valence-electron chi connectivity index (χ0n) is 11.1. The van der Waals surface area contributed by atoms with E-state index in [9.17, 15) is 4.79 Å². The number of hydrogen-bond acceptors (Lipinski definition) is 5. The molecule has 0 aliphatic carbocycles. The molecule has 98 valence electrons. The standard InChI is InChI=1S/C14H15N3O2/c1-9-4-10(2)6-11(5-9)17-13-12(14(18)19-3)7-15-8-16-13/h4-8H,1-3H3,(H,15,16,17). The Morgan fingerprint density at radius 3 is 2.53 bits per heavy atom. The Labute approximate surface area is 111 Å². The number of nitrogens with one attached hydrogen (secondary N) is 1. The highest BCUT2D eigenvalue weighted by Crippen LogP contribution is 2.20. The normalized spacial score (nSPS) is 10.1. The number of carbonyl (C=O) groups is 1. The molecule has 1 N–H and O–H groups in total. The zero-order valence-corrected chi connectivity index (χ0v) is 11.1. The van der Waals surface area contributed by atoms with E-state index in [1.165, 1.54) is 19.6 Å². The van der Waals surface area contributed by atoms with Crippen molar-refractivity contribution in [3.8, 4) is 0 Å². The maximum Gasteiger partial charge on any atom is 0.343 e. The Morgan fingerprint density at radius 2 is 1.89 bits per heavy atom. The molecule has 0 saturated heterocycles. The van der Waals surface area contributed by atoms with Gasteiger partial charge in [-0.3, -0.25) is 0 Å². The molecule has 0 unspecified atom stereocenters. The molecule has 2 aromatic rings. The number of aromatic nitrogens is 2. The maximum absolute atomic E-state index is 11.6. The van der Waals surface area contributed by atoms with Crippen LogP contribution in [-0.2, 0) is 4.74 Å². The number of methoxy groups -OCH3 is 1. The van der Waals surface area contributed by atoms with Crippen molar-refractivity contribution < 1.29 is 9.53 Å². The number of hydrogen-bond donors (Lipinski definition) is 1. The summed E-state index contributed by atoms with van der Waals surface area (Å²) in [5.74, 6) is -0.0284. The maximum atomic E-state index is 11.6. The van der Waals surface area contributed by atoms with Gasteiger partial charge >= 0.3 is 5.97 Å². The van der Waals surface area contributed by atoms with Gasteiger partial charge in [0.05, 0.1) is 7.11 Å². The van der Waals surface area contributed by atoms with Crippen molar-refractivity contribution in [2.45, 2.75) is 13.8 Å². The number of anilines is 2. The summed E-state index contributed by atoms with van der Waals surface area (Å²) in [6.07, 6.45) is 2.82. The third-order valence-electron chi connectivity index (χ3n) is 2.60. The second-order valence-corrected chi connectivity index (χ2v) is 4.28. The average Bonchev–Trinajstić information content (AvgIpc) is 2.37. The Hall–Kier alpha value is -2.43. The molecule has 0 aliphatic heterocycles. The molecule has 0 bridgehead atoms. The third-order valence-corrected chi connectivity index (χ3v) is 2.60. The highest BCUT2D eigenvalue weighted by atomic mass is 16.5. The summed E-state index contributed by atoms with van der Waals surface area (Å²) in [5, 5.41) is 3.12. The second kappa shape index (κ2) is 5.48. The predicted octanol–water partition coefficient (Wildman–Crippen LogP) is 2.62. The first kappa shape index (κ1) is 13.0. The molecule has 5 nitrogen and oxygen atoms in total. The van der Waals surface area contributed by atoms with Crippen LogP contribution < -0.4 is 5.32 Å². The lowest BCUT2D eigenvalue weighted by Gasteiger charge is -2.10. The van der Waals surface area contributed by atoms with E-state index < -0.39 is 5.97 Å². The Kier molecular flexibility index (Phi) is 3.75. The molecule has 5 heteroatoms. The lowest BCUT2D eigenvalue weighted by atomic mass is 10.1. The zero-order chi connectivity index (χ0) is 13.8. The molecule has 0 amide bonds. The van der Waals surface area contributed by atoms with Crippen molar-refractivity contribution in [3.05, 3.63) is 47.4 Å². The molecule has 1 heterocycles. The summed E-state index contributed by atoms with van der Waals surface area (Å²) >= 11 is 0. The molecule has 1 aromatic carbocycles. The SMILES string of the molecule is COC(=O)c1cncnc1Nc1cc(C)cc(C)c1. The van der Waals surface area contributed by atoms with Crippen LogP contribution in [0.3, 0.4) is 0 Å². The fourth-order valence-corrected chi connectivity index (χ4v) is 1.87. The van der Waals surface area contributed by atoms with Gasteiger partial charge < -0.3 is 10.1 Å². The van der Waals surface area contributed by atoms with Crippen LogP contribution in [0, 0.1) is 13.8 Å². The van der Waals surface area contributed by atoms with Gasteiger partial charge in [0.2, 0.25) is 0 Å². The van der Waals surface area contributed by atoms with Crippen molar-refractivity contribution in [3.63, 3.8) is 0 Å². The quantitative estimate of drug-likeness (QED) is 0.856. The van der Waals surface area contributed by atoms with Crippen LogP contribution in [0.25, 0.3) is 0 Å². The number of benzene rings is 1. The number of aryl methyl sites for hydroxylation is 2. The molecule has 0 fully saturated rings. The van der Waals surface area contributed by atoms with Crippen molar-refractivity contribution in [2.75, 3.05) is 12.4 Å². The highest BCUT2D eigenvalue weighted by molar-refractivity contribution is 5.94. The number of nitrogens with zero attached hydrogens (tertiary/aromatic N) is 2. The van der Waals surface area contributed by atoms with Crippen LogP contribution in [0.5, 0.6) is 0 Å². The van der Waals surface area contributed by atoms with Crippen LogP contribution in [0.1, 0.15) is 21.5 Å². The summed E-state index contributed by atoms with van der Waals surface area (Å²) in [7, 11) is 1.33. The van der Waals surface area contributed by atoms with E-state index in [1.807, 2.05) is 26.0 Å². The lowest BCUT2D eigenvalue weighted by molar-refractivity contribution is 0.0601. The van der Waals surface area contributed by atoms with Gasteiger partial charge in [-0.25, -0.2) is 14.8 Å². The summed E-state index contributed by atoms with van der Waals surface area (Å²) in [4.78, 5) is 19.5. The number of carbonyl (C=O) groups excluding carboxylic acids is 1. The summed E-state index contributed by atoms with van der Waals surface area (Å²) < 4.78 is 4.70. The van der Waals surface area contributed by atoms with Crippen molar-refractivity contribution in [1.29, 1.82) is 0 Å². The van der Waals surface area contributed by atoms with Crippen molar-refractivity contribution in [1.82, 2.24) is 9.97 Å². The van der Waals surface area contributed by atoms with Gasteiger partial charge in [-0.05, 0) is 37.1 Å². The molecule has 0 aliphatic rings. The summed E-state index contributed by atoms with van der Waals surface area (Å²) in [6.45, 7) is 4.03. The van der Waals surface area contributed by atoms with E-state index in [1.54, 1.807) is 0 Å². The van der Waals surface area contributed by atoms with Gasteiger partial charge in [0.1, 0.15) is 17.7 Å². The van der Waals surface area contributed by atoms with Crippen molar-refractivity contribution >= 4 is 17.5 Å². The van der Waals surface area contributed by atoms with E-state index in [0.29, 0.717) is 11.4 Å². The number of rotatable bonds is 3. The Bertz CT molecular complexity index is 591. The minimum Gasteiger partial charge on any atom is -0.465 e. The van der Waals surface area contributed by atoms with Gasteiger partial charge in [0, 0.05) is 11.9 Å². The van der Waals surface area contributed by atoms with Gasteiger partial charge in [-0.2, -0.15) is 0 Å². The van der Waals surface area contributed by atoms with E-state index in [4.69, 9.17) is 4.74 Å². The number of ether oxygens (including phenoxy) is 1. The van der Waals surface area contributed by atoms with E-state index >= 15 is 0 Å². The minimum absolute atomic E-state index is 0.309. The summed E-state index contributed by atoms with van der Waals surface area (Å²) in [6, 6.07) is 6.04. The fourth-order valence-electron chi connectivity index (χ4n) is 1.87. The van der Waals surface area contributed by atoms with E-state index in [0.717, 1.165) is 16.8 Å². The van der Waals surface area contributed by atoms with Crippen LogP contribution in [0.2, 0.25) is 0 Å². The molecular weight excluding hydrogens is 242 g/mol. The molecular formula is C14H15N3O2. The molecule has 19 heavy (non-hydrogen) atoms. The monoisotopic (exact) mass is 257 g/mol. The van der Waals surface area contributed by atoms with Crippen LogP contribution in [0.4, 0.5) is 11.5 Å². The van der Waals surface area contributed by atoms with Crippen LogP contribution in [-0.4, -0.2) is 23.0 Å². The van der Waals surface area contributed by atoms with Gasteiger partial charge in [0.15, 0.2) is 0 Å². The first-order valence-electron chi connectivity index (χ1n) is 5.84. The predicted molar refractivity (Wildman–Crippen MR) is 72.6 cm³/mol. The lowest BCUT2D eigenvalue weighted by Crippen LogP contribution is -2.08. The number of esters is 1. The third kappa shape index (κ3) is 3.07. The average molecular weight is 257 g/mol. The highest BCUT2D eigenvalue weighted by Gasteiger charge is 2.13. The van der Waals surface area contributed by atoms with E-state index in [-0.39, 0.29) is 0 Å². The topological polar surface area (TPSA) is 64.1 Å². The van der Waals surface area contributed by atoms with Gasteiger partial charge in [-0.1, -0.05) is 6.07 Å². The largest absolute Gasteiger partial charge is 0.465 e. The first-order chi connectivity index (χ1) is 9.10. The molecule has 0 radical (unpaired) electrons. The molecule has 1 aromatic heterocycles. The Morgan fingerprint density at radius 1 is 1.21 bits per heavy atom. The molecule has 0 spiro atoms. The second-order valence-electron chi connectivity index (χ2n) is 4.28. The van der Waals surface area contributed by atoms with Gasteiger partial charge in [0.25, 0.3) is 0 Å². The van der Waals surface area contributed by atoms with Crippen molar-refractivity contribution in [2.24, 2.45) is 0 Å². The summed E-state index contributed by atoms with van der Waals surface area (Å²) in [5.41, 5.74) is 3.46. The smallest absolute Gasteiger partial charge is 0.343 e. The molecule has 0 atom stereocenters. The minimum atomic E-state index is -0.465. The van der Waals surface area contributed by atoms with Crippen LogP contribution in [0.15, 0.2) is 30.7 Å². The van der Waals surface area contributed by atoms with Gasteiger partial charge in [-0.15, -0.1) is 0 Å². The Balaban J connectivity index is 2.35. The van der Waals surface area contributed by atoms with Crippen LogP contribution >= 0.6 is 0 Å². The first-order valence-corrected chi connectivity index (χ1v) is 5.84.